The van der Waals surface area contributed by atoms with Crippen molar-refractivity contribution >= 4 is 5.69 Å². The third-order valence-electron chi connectivity index (χ3n) is 2.60. The van der Waals surface area contributed by atoms with E-state index in [0.29, 0.717) is 12.3 Å². The Bertz CT molecular complexity index is 474. The molecule has 0 heterocycles. The van der Waals surface area contributed by atoms with Crippen molar-refractivity contribution in [1.82, 2.24) is 5.32 Å². The van der Waals surface area contributed by atoms with Gasteiger partial charge < -0.3 is 14.8 Å². The van der Waals surface area contributed by atoms with Crippen molar-refractivity contribution < 1.29 is 14.4 Å². The van der Waals surface area contributed by atoms with E-state index < -0.39 is 4.92 Å². The van der Waals surface area contributed by atoms with E-state index in [-0.39, 0.29) is 18.0 Å². The van der Waals surface area contributed by atoms with Gasteiger partial charge in [-0.05, 0) is 24.6 Å². The highest BCUT2D eigenvalue weighted by atomic mass is 16.6. The Kier molecular flexibility index (Phi) is 6.52. The van der Waals surface area contributed by atoms with Crippen LogP contribution in [0, 0.1) is 10.1 Å². The van der Waals surface area contributed by atoms with E-state index in [1.807, 2.05) is 0 Å². The van der Waals surface area contributed by atoms with Gasteiger partial charge in [-0.3, -0.25) is 10.1 Å². The van der Waals surface area contributed by atoms with Crippen molar-refractivity contribution in [3.8, 4) is 11.5 Å². The predicted octanol–water partition coefficient (Wildman–Crippen LogP) is 2.54. The van der Waals surface area contributed by atoms with Gasteiger partial charge in [0.15, 0.2) is 0 Å². The number of ether oxygens (including phenoxy) is 2. The summed E-state index contributed by atoms with van der Waals surface area (Å²) in [6, 6.07) is 4.40. The number of rotatable bonds is 9. The second kappa shape index (κ2) is 8.16. The summed E-state index contributed by atoms with van der Waals surface area (Å²) in [4.78, 5) is 10.4. The molecular weight excluding hydrogens is 260 g/mol. The Labute approximate surface area is 118 Å². The molecule has 1 aromatic carbocycles. The zero-order chi connectivity index (χ0) is 15.0. The summed E-state index contributed by atoms with van der Waals surface area (Å²) in [5, 5.41) is 14.1. The minimum absolute atomic E-state index is 0.0832. The predicted molar refractivity (Wildman–Crippen MR) is 77.4 cm³/mol. The van der Waals surface area contributed by atoms with Crippen molar-refractivity contribution in [2.24, 2.45) is 0 Å². The summed E-state index contributed by atoms with van der Waals surface area (Å²) >= 11 is 0. The molecule has 1 N–H and O–H groups in total. The van der Waals surface area contributed by atoms with Crippen LogP contribution in [0.1, 0.15) is 13.3 Å². The number of hydrogen-bond donors (Lipinski definition) is 1. The van der Waals surface area contributed by atoms with Crippen LogP contribution >= 0.6 is 0 Å². The Morgan fingerprint density at radius 1 is 1.50 bits per heavy atom. The molecule has 0 atom stereocenters. The Hall–Kier alpha value is -2.08. The van der Waals surface area contributed by atoms with E-state index in [9.17, 15) is 10.1 Å². The molecule has 1 rings (SSSR count). The average molecular weight is 280 g/mol. The first kappa shape index (κ1) is 16.0. The molecule has 0 aromatic heterocycles. The van der Waals surface area contributed by atoms with Crippen LogP contribution in [0.15, 0.2) is 30.4 Å². The molecule has 0 aliphatic heterocycles. The maximum absolute atomic E-state index is 10.9. The summed E-state index contributed by atoms with van der Waals surface area (Å²) in [6.07, 6.45) is 1.04. The Morgan fingerprint density at radius 2 is 2.25 bits per heavy atom. The van der Waals surface area contributed by atoms with Crippen LogP contribution in [0.5, 0.6) is 11.5 Å². The molecule has 0 saturated carbocycles. The number of nitro benzene ring substituents is 1. The summed E-state index contributed by atoms with van der Waals surface area (Å²) in [5.74, 6) is 0.700. The fourth-order valence-electron chi connectivity index (χ4n) is 1.56. The van der Waals surface area contributed by atoms with Crippen molar-refractivity contribution in [2.45, 2.75) is 13.3 Å². The van der Waals surface area contributed by atoms with Gasteiger partial charge in [-0.25, -0.2) is 0 Å². The number of nitrogens with one attached hydrogen (secondary N) is 1. The molecule has 110 valence electrons. The van der Waals surface area contributed by atoms with Crippen LogP contribution in [0.3, 0.4) is 0 Å². The van der Waals surface area contributed by atoms with Gasteiger partial charge in [0, 0.05) is 18.7 Å². The van der Waals surface area contributed by atoms with Gasteiger partial charge in [0.05, 0.1) is 12.0 Å². The highest BCUT2D eigenvalue weighted by Crippen LogP contribution is 2.31. The number of hydrogen-bond acceptors (Lipinski definition) is 5. The van der Waals surface area contributed by atoms with Crippen molar-refractivity contribution in [2.75, 3.05) is 26.8 Å². The Balaban J connectivity index is 2.65. The lowest BCUT2D eigenvalue weighted by molar-refractivity contribution is -0.385. The minimum Gasteiger partial charge on any atom is -0.497 e. The van der Waals surface area contributed by atoms with Crippen LogP contribution < -0.4 is 14.8 Å². The lowest BCUT2D eigenvalue weighted by Crippen LogP contribution is -2.20. The summed E-state index contributed by atoms with van der Waals surface area (Å²) in [6.45, 7) is 7.70. The largest absolute Gasteiger partial charge is 0.497 e. The first-order chi connectivity index (χ1) is 9.58. The van der Waals surface area contributed by atoms with Crippen molar-refractivity contribution in [3.05, 3.63) is 40.5 Å². The molecule has 6 heteroatoms. The second-order valence-corrected chi connectivity index (χ2v) is 4.31. The van der Waals surface area contributed by atoms with Crippen LogP contribution in [0.25, 0.3) is 0 Å². The average Bonchev–Trinajstić information content (AvgIpc) is 2.44. The number of benzene rings is 1. The van der Waals surface area contributed by atoms with Crippen LogP contribution in [-0.2, 0) is 0 Å². The number of nitrogens with zero attached hydrogens (tertiary/aromatic N) is 1. The van der Waals surface area contributed by atoms with E-state index in [1.54, 1.807) is 0 Å². The maximum atomic E-state index is 10.9. The summed E-state index contributed by atoms with van der Waals surface area (Å²) < 4.78 is 10.5. The molecule has 0 aliphatic carbocycles. The lowest BCUT2D eigenvalue weighted by atomic mass is 10.2. The third-order valence-corrected chi connectivity index (χ3v) is 2.60. The van der Waals surface area contributed by atoms with Gasteiger partial charge in [-0.1, -0.05) is 13.5 Å². The molecule has 1 aromatic rings. The molecule has 0 spiro atoms. The lowest BCUT2D eigenvalue weighted by Gasteiger charge is -2.10. The Morgan fingerprint density at radius 3 is 2.85 bits per heavy atom. The van der Waals surface area contributed by atoms with E-state index in [0.717, 1.165) is 18.5 Å². The van der Waals surface area contributed by atoms with Crippen LogP contribution in [-0.4, -0.2) is 31.7 Å². The fraction of sp³-hybridized carbons (Fsp3) is 0.429. The quantitative estimate of drug-likeness (QED) is 0.326. The minimum atomic E-state index is -0.479. The molecule has 0 fully saturated rings. The zero-order valence-electron chi connectivity index (χ0n) is 11.8. The highest BCUT2D eigenvalue weighted by molar-refractivity contribution is 5.50. The molecule has 0 saturated heterocycles. The van der Waals surface area contributed by atoms with E-state index in [4.69, 9.17) is 9.47 Å². The summed E-state index contributed by atoms with van der Waals surface area (Å²) in [5.41, 5.74) is 0.746. The fourth-order valence-corrected chi connectivity index (χ4v) is 1.56. The van der Waals surface area contributed by atoms with Gasteiger partial charge >= 0.3 is 5.69 Å². The summed E-state index contributed by atoms with van der Waals surface area (Å²) in [7, 11) is 1.50. The van der Waals surface area contributed by atoms with Crippen LogP contribution in [0.4, 0.5) is 5.69 Å². The topological polar surface area (TPSA) is 73.6 Å². The second-order valence-electron chi connectivity index (χ2n) is 4.31. The molecular formula is C14H20N2O4. The molecule has 0 radical (unpaired) electrons. The molecule has 20 heavy (non-hydrogen) atoms. The molecule has 0 aliphatic rings. The van der Waals surface area contributed by atoms with Crippen LogP contribution in [0.2, 0.25) is 0 Å². The zero-order valence-corrected chi connectivity index (χ0v) is 11.8. The van der Waals surface area contributed by atoms with E-state index in [1.165, 1.54) is 25.3 Å². The van der Waals surface area contributed by atoms with Gasteiger partial charge in [0.1, 0.15) is 12.4 Å². The van der Waals surface area contributed by atoms with Gasteiger partial charge in [0.2, 0.25) is 5.75 Å². The smallest absolute Gasteiger partial charge is 0.311 e. The molecule has 0 bridgehead atoms. The van der Waals surface area contributed by atoms with Gasteiger partial charge in [-0.15, -0.1) is 0 Å². The highest BCUT2D eigenvalue weighted by Gasteiger charge is 2.16. The normalized spacial score (nSPS) is 10.1. The van der Waals surface area contributed by atoms with Gasteiger partial charge in [-0.2, -0.15) is 0 Å². The van der Waals surface area contributed by atoms with Crippen molar-refractivity contribution in [3.63, 3.8) is 0 Å². The standard InChI is InChI=1S/C14H20N2O4/c1-4-7-15-9-11(2)10-20-14-8-12(19-3)5-6-13(14)16(17)18/h5-6,8,15H,2,4,7,9-10H2,1,3H3. The van der Waals surface area contributed by atoms with Gasteiger partial charge in [0.25, 0.3) is 0 Å². The number of nitro groups is 1. The first-order valence-electron chi connectivity index (χ1n) is 6.41. The number of methoxy groups -OCH3 is 1. The first-order valence-corrected chi connectivity index (χ1v) is 6.41. The van der Waals surface area contributed by atoms with Crippen molar-refractivity contribution in [1.29, 1.82) is 0 Å². The third kappa shape index (κ3) is 4.89. The monoisotopic (exact) mass is 280 g/mol. The molecule has 0 amide bonds. The maximum Gasteiger partial charge on any atom is 0.311 e. The SMILES string of the molecule is C=C(CNCCC)COc1cc(OC)ccc1[N+](=O)[O-]. The van der Waals surface area contributed by atoms with E-state index in [2.05, 4.69) is 18.8 Å². The van der Waals surface area contributed by atoms with E-state index >= 15 is 0 Å². The molecule has 0 unspecified atom stereocenters. The molecule has 6 nitrogen and oxygen atoms in total.